The van der Waals surface area contributed by atoms with E-state index in [0.29, 0.717) is 17.9 Å². The third kappa shape index (κ3) is 2.55. The minimum atomic E-state index is -0.119. The predicted molar refractivity (Wildman–Crippen MR) is 85.8 cm³/mol. The molecule has 2 aromatic carbocycles. The zero-order valence-corrected chi connectivity index (χ0v) is 11.9. The average Bonchev–Trinajstić information content (AvgIpc) is 2.53. The number of fused-ring (bicyclic) bond motifs is 1. The number of pyridine rings is 1. The first-order valence-electron chi connectivity index (χ1n) is 7.14. The molecule has 3 heteroatoms. The molecule has 0 atom stereocenters. The number of ether oxygens (including phenoxy) is 1. The fourth-order valence-electron chi connectivity index (χ4n) is 2.43. The van der Waals surface area contributed by atoms with E-state index in [4.69, 9.17) is 4.74 Å². The molecule has 3 aromatic rings. The van der Waals surface area contributed by atoms with Gasteiger partial charge in [-0.2, -0.15) is 0 Å². The van der Waals surface area contributed by atoms with Crippen LogP contribution in [0.25, 0.3) is 22.0 Å². The number of hydrogen-bond acceptors (Lipinski definition) is 2. The molecule has 1 N–H and O–H groups in total. The number of H-pyrrole nitrogens is 1. The molecular weight excluding hydrogens is 262 g/mol. The van der Waals surface area contributed by atoms with Crippen LogP contribution in [-0.2, 0) is 0 Å². The van der Waals surface area contributed by atoms with Crippen molar-refractivity contribution in [2.45, 2.75) is 13.3 Å². The number of aromatic nitrogens is 1. The van der Waals surface area contributed by atoms with Crippen LogP contribution in [0.3, 0.4) is 0 Å². The van der Waals surface area contributed by atoms with Crippen LogP contribution in [0.5, 0.6) is 5.75 Å². The Balaban J connectivity index is 2.31. The first-order chi connectivity index (χ1) is 10.3. The van der Waals surface area contributed by atoms with Crippen LogP contribution in [0.2, 0.25) is 0 Å². The molecule has 0 amide bonds. The van der Waals surface area contributed by atoms with E-state index in [-0.39, 0.29) is 5.56 Å². The van der Waals surface area contributed by atoms with Crippen LogP contribution >= 0.6 is 0 Å². The summed E-state index contributed by atoms with van der Waals surface area (Å²) in [6.45, 7) is 2.64. The van der Waals surface area contributed by atoms with Gasteiger partial charge >= 0.3 is 0 Å². The lowest BCUT2D eigenvalue weighted by atomic mass is 10.0. The monoisotopic (exact) mass is 279 g/mol. The minimum absolute atomic E-state index is 0.119. The number of hydrogen-bond donors (Lipinski definition) is 1. The first kappa shape index (κ1) is 13.4. The first-order valence-corrected chi connectivity index (χ1v) is 7.14. The highest BCUT2D eigenvalue weighted by atomic mass is 16.5. The van der Waals surface area contributed by atoms with Crippen molar-refractivity contribution in [1.29, 1.82) is 0 Å². The second-order valence-electron chi connectivity index (χ2n) is 4.92. The lowest BCUT2D eigenvalue weighted by molar-refractivity contribution is 0.322. The number of para-hydroxylation sites is 1. The molecule has 0 saturated carbocycles. The standard InChI is InChI=1S/C18H17NO2/c1-2-12-21-17-14-10-6-7-11-15(14)19-18(20)16(17)13-8-4-3-5-9-13/h3-11H,2,12H2,1H3,(H,19,20). The molecule has 0 aliphatic heterocycles. The fourth-order valence-corrected chi connectivity index (χ4v) is 2.43. The Morgan fingerprint density at radius 2 is 1.71 bits per heavy atom. The van der Waals surface area contributed by atoms with E-state index >= 15 is 0 Å². The van der Waals surface area contributed by atoms with E-state index in [0.717, 1.165) is 22.9 Å². The Bertz CT molecular complexity index is 806. The Kier molecular flexibility index (Phi) is 3.73. The van der Waals surface area contributed by atoms with Crippen molar-refractivity contribution in [1.82, 2.24) is 4.98 Å². The summed E-state index contributed by atoms with van der Waals surface area (Å²) in [5, 5.41) is 0.935. The van der Waals surface area contributed by atoms with Crippen molar-refractivity contribution in [2.24, 2.45) is 0 Å². The van der Waals surface area contributed by atoms with Crippen LogP contribution in [0, 0.1) is 0 Å². The maximum Gasteiger partial charge on any atom is 0.260 e. The maximum absolute atomic E-state index is 12.5. The van der Waals surface area contributed by atoms with Gasteiger partial charge in [-0.1, -0.05) is 49.4 Å². The molecule has 21 heavy (non-hydrogen) atoms. The topological polar surface area (TPSA) is 42.1 Å². The van der Waals surface area contributed by atoms with E-state index in [9.17, 15) is 4.79 Å². The molecule has 1 heterocycles. The van der Waals surface area contributed by atoms with Gasteiger partial charge in [0.25, 0.3) is 5.56 Å². The zero-order chi connectivity index (χ0) is 14.7. The molecule has 3 nitrogen and oxygen atoms in total. The third-order valence-corrected chi connectivity index (χ3v) is 3.39. The van der Waals surface area contributed by atoms with Gasteiger partial charge in [0.15, 0.2) is 0 Å². The molecule has 0 bridgehead atoms. The van der Waals surface area contributed by atoms with Crippen LogP contribution in [-0.4, -0.2) is 11.6 Å². The van der Waals surface area contributed by atoms with Crippen LogP contribution in [0.15, 0.2) is 59.4 Å². The number of benzene rings is 2. The number of nitrogens with one attached hydrogen (secondary N) is 1. The summed E-state index contributed by atoms with van der Waals surface area (Å²) in [5.74, 6) is 0.669. The molecular formula is C18H17NO2. The van der Waals surface area contributed by atoms with Crippen molar-refractivity contribution < 1.29 is 4.74 Å². The van der Waals surface area contributed by atoms with Crippen molar-refractivity contribution in [3.8, 4) is 16.9 Å². The Morgan fingerprint density at radius 3 is 2.48 bits per heavy atom. The van der Waals surface area contributed by atoms with Crippen LogP contribution < -0.4 is 10.3 Å². The molecule has 0 aliphatic rings. The summed E-state index contributed by atoms with van der Waals surface area (Å²) in [6.07, 6.45) is 0.898. The molecule has 0 unspecified atom stereocenters. The Hall–Kier alpha value is -2.55. The minimum Gasteiger partial charge on any atom is -0.492 e. The third-order valence-electron chi connectivity index (χ3n) is 3.39. The summed E-state index contributed by atoms with van der Waals surface area (Å²) >= 11 is 0. The summed E-state index contributed by atoms with van der Waals surface area (Å²) in [5.41, 5.74) is 2.15. The van der Waals surface area contributed by atoms with Crippen molar-refractivity contribution in [2.75, 3.05) is 6.61 Å². The van der Waals surface area contributed by atoms with Gasteiger partial charge in [0, 0.05) is 5.39 Å². The van der Waals surface area contributed by atoms with Gasteiger partial charge in [0.2, 0.25) is 0 Å². The van der Waals surface area contributed by atoms with Crippen LogP contribution in [0.4, 0.5) is 0 Å². The molecule has 0 saturated heterocycles. The molecule has 106 valence electrons. The highest BCUT2D eigenvalue weighted by Crippen LogP contribution is 2.33. The predicted octanol–water partition coefficient (Wildman–Crippen LogP) is 3.98. The fraction of sp³-hybridized carbons (Fsp3) is 0.167. The summed E-state index contributed by atoms with van der Waals surface area (Å²) in [4.78, 5) is 15.4. The van der Waals surface area contributed by atoms with Gasteiger partial charge < -0.3 is 9.72 Å². The quantitative estimate of drug-likeness (QED) is 0.784. The van der Waals surface area contributed by atoms with Gasteiger partial charge in [0.05, 0.1) is 17.7 Å². The lowest BCUT2D eigenvalue weighted by Gasteiger charge is -2.13. The Labute approximate surface area is 123 Å². The highest BCUT2D eigenvalue weighted by molar-refractivity contribution is 5.92. The molecule has 3 rings (SSSR count). The summed E-state index contributed by atoms with van der Waals surface area (Å²) in [6, 6.07) is 17.4. The molecule has 0 aliphatic carbocycles. The van der Waals surface area contributed by atoms with E-state index in [1.54, 1.807) is 0 Å². The van der Waals surface area contributed by atoms with E-state index in [2.05, 4.69) is 11.9 Å². The van der Waals surface area contributed by atoms with Gasteiger partial charge in [-0.15, -0.1) is 0 Å². The molecule has 1 aromatic heterocycles. The number of aromatic amines is 1. The average molecular weight is 279 g/mol. The molecule has 0 spiro atoms. The highest BCUT2D eigenvalue weighted by Gasteiger charge is 2.15. The summed E-state index contributed by atoms with van der Waals surface area (Å²) in [7, 11) is 0. The van der Waals surface area contributed by atoms with Gasteiger partial charge in [-0.25, -0.2) is 0 Å². The van der Waals surface area contributed by atoms with E-state index in [1.165, 1.54) is 0 Å². The number of rotatable bonds is 4. The largest absolute Gasteiger partial charge is 0.492 e. The second kappa shape index (κ2) is 5.83. The zero-order valence-electron chi connectivity index (χ0n) is 11.9. The van der Waals surface area contributed by atoms with Crippen molar-refractivity contribution in [3.63, 3.8) is 0 Å². The second-order valence-corrected chi connectivity index (χ2v) is 4.92. The Morgan fingerprint density at radius 1 is 1.00 bits per heavy atom. The van der Waals surface area contributed by atoms with E-state index < -0.39 is 0 Å². The van der Waals surface area contributed by atoms with Gasteiger partial charge in [0.1, 0.15) is 5.75 Å². The van der Waals surface area contributed by atoms with E-state index in [1.807, 2.05) is 54.6 Å². The van der Waals surface area contributed by atoms with Gasteiger partial charge in [-0.05, 0) is 24.1 Å². The van der Waals surface area contributed by atoms with Gasteiger partial charge in [-0.3, -0.25) is 4.79 Å². The lowest BCUT2D eigenvalue weighted by Crippen LogP contribution is -2.12. The molecule has 0 fully saturated rings. The smallest absolute Gasteiger partial charge is 0.260 e. The van der Waals surface area contributed by atoms with Crippen molar-refractivity contribution >= 4 is 10.9 Å². The maximum atomic E-state index is 12.5. The molecule has 0 radical (unpaired) electrons. The summed E-state index contributed by atoms with van der Waals surface area (Å²) < 4.78 is 5.91. The SMILES string of the molecule is CCCOc1c(-c2ccccc2)c(=O)[nH]c2ccccc12. The van der Waals surface area contributed by atoms with Crippen LogP contribution in [0.1, 0.15) is 13.3 Å². The normalized spacial score (nSPS) is 10.7. The van der Waals surface area contributed by atoms with Crippen molar-refractivity contribution in [3.05, 3.63) is 65.0 Å².